The predicted octanol–water partition coefficient (Wildman–Crippen LogP) is 4.12. The van der Waals surface area contributed by atoms with Gasteiger partial charge in [0.15, 0.2) is 0 Å². The largest absolute Gasteiger partial charge is 0.383 e. The minimum absolute atomic E-state index is 0.308. The third kappa shape index (κ3) is 2.44. The van der Waals surface area contributed by atoms with Crippen LogP contribution in [0.4, 0.5) is 8.78 Å². The van der Waals surface area contributed by atoms with Gasteiger partial charge in [0.25, 0.3) is 0 Å². The van der Waals surface area contributed by atoms with Gasteiger partial charge in [0.2, 0.25) is 0 Å². The van der Waals surface area contributed by atoms with Gasteiger partial charge in [0.1, 0.15) is 17.7 Å². The second-order valence-electron chi connectivity index (χ2n) is 4.05. The second-order valence-corrected chi connectivity index (χ2v) is 4.96. The number of aliphatic hydroxyl groups excluding tert-OH is 1. The van der Waals surface area contributed by atoms with Gasteiger partial charge in [-0.2, -0.15) is 0 Å². The Morgan fingerprint density at radius 3 is 2.28 bits per heavy atom. The van der Waals surface area contributed by atoms with E-state index in [4.69, 9.17) is 0 Å². The summed E-state index contributed by atoms with van der Waals surface area (Å²) < 4.78 is 28.3. The molecule has 1 N–H and O–H groups in total. The summed E-state index contributed by atoms with van der Waals surface area (Å²) in [5.74, 6) is -1.45. The molecule has 2 aromatic carbocycles. The van der Waals surface area contributed by atoms with E-state index in [9.17, 15) is 13.9 Å². The maximum Gasteiger partial charge on any atom is 0.135 e. The Bertz CT molecular complexity index is 567. The molecule has 0 saturated heterocycles. The summed E-state index contributed by atoms with van der Waals surface area (Å²) in [7, 11) is 0. The van der Waals surface area contributed by atoms with E-state index in [0.29, 0.717) is 11.1 Å². The van der Waals surface area contributed by atoms with E-state index in [1.807, 2.05) is 0 Å². The summed E-state index contributed by atoms with van der Waals surface area (Å²) >= 11 is 3.26. The van der Waals surface area contributed by atoms with Crippen molar-refractivity contribution in [3.8, 4) is 0 Å². The van der Waals surface area contributed by atoms with Crippen molar-refractivity contribution in [2.75, 3.05) is 0 Å². The Hall–Kier alpha value is -1.26. The molecular weight excluding hydrogens is 302 g/mol. The number of aryl methyl sites for hydroxylation is 1. The summed E-state index contributed by atoms with van der Waals surface area (Å²) in [4.78, 5) is 0. The number of benzene rings is 2. The molecule has 2 rings (SSSR count). The van der Waals surface area contributed by atoms with E-state index in [1.165, 1.54) is 13.0 Å². The number of rotatable bonds is 2. The third-order valence-corrected chi connectivity index (χ3v) is 3.31. The lowest BCUT2D eigenvalue weighted by atomic mass is 9.99. The van der Waals surface area contributed by atoms with Gasteiger partial charge < -0.3 is 5.11 Å². The Balaban J connectivity index is 2.49. The molecule has 1 nitrogen and oxygen atoms in total. The van der Waals surface area contributed by atoms with Gasteiger partial charge >= 0.3 is 0 Å². The van der Waals surface area contributed by atoms with E-state index in [1.54, 1.807) is 24.3 Å². The van der Waals surface area contributed by atoms with Crippen LogP contribution < -0.4 is 0 Å². The zero-order valence-corrected chi connectivity index (χ0v) is 11.2. The van der Waals surface area contributed by atoms with Gasteiger partial charge in [-0.25, -0.2) is 8.78 Å². The molecule has 0 amide bonds. The number of aliphatic hydroxyl groups is 1. The summed E-state index contributed by atoms with van der Waals surface area (Å²) in [5, 5.41) is 10.1. The molecule has 4 heteroatoms. The van der Waals surface area contributed by atoms with E-state index in [0.717, 1.165) is 10.5 Å². The van der Waals surface area contributed by atoms with Gasteiger partial charge in [0.05, 0.1) is 5.56 Å². The molecule has 0 spiro atoms. The van der Waals surface area contributed by atoms with Crippen molar-refractivity contribution in [2.45, 2.75) is 13.0 Å². The van der Waals surface area contributed by atoms with Crippen molar-refractivity contribution in [1.29, 1.82) is 0 Å². The number of halogens is 3. The number of hydrogen-bond donors (Lipinski definition) is 1. The van der Waals surface area contributed by atoms with Crippen LogP contribution in [0.15, 0.2) is 40.9 Å². The van der Waals surface area contributed by atoms with Crippen molar-refractivity contribution >= 4 is 15.9 Å². The molecule has 94 valence electrons. The topological polar surface area (TPSA) is 20.2 Å². The summed E-state index contributed by atoms with van der Waals surface area (Å²) in [6.07, 6.45) is -1.31. The summed E-state index contributed by atoms with van der Waals surface area (Å²) in [6, 6.07) is 9.18. The molecule has 0 bridgehead atoms. The zero-order chi connectivity index (χ0) is 13.3. The maximum absolute atomic E-state index is 13.9. The highest BCUT2D eigenvalue weighted by Gasteiger charge is 2.20. The number of hydrogen-bond acceptors (Lipinski definition) is 1. The SMILES string of the molecule is Cc1ccc(F)c(C(O)c2ccc(Br)cc2)c1F. The van der Waals surface area contributed by atoms with Crippen LogP contribution in [0.1, 0.15) is 22.8 Å². The molecule has 2 aromatic rings. The first kappa shape index (κ1) is 13.2. The van der Waals surface area contributed by atoms with Crippen molar-refractivity contribution in [1.82, 2.24) is 0 Å². The summed E-state index contributed by atoms with van der Waals surface area (Å²) in [5.41, 5.74) is 0.446. The van der Waals surface area contributed by atoms with E-state index < -0.39 is 17.7 Å². The van der Waals surface area contributed by atoms with E-state index in [2.05, 4.69) is 15.9 Å². The standard InChI is InChI=1S/C14H11BrF2O/c1-8-2-7-11(16)12(13(8)17)14(18)9-3-5-10(15)6-4-9/h2-7,14,18H,1H3. The molecule has 0 aliphatic heterocycles. The average molecular weight is 313 g/mol. The molecule has 0 aromatic heterocycles. The van der Waals surface area contributed by atoms with Crippen molar-refractivity contribution in [3.05, 3.63) is 69.2 Å². The molecule has 1 atom stereocenters. The monoisotopic (exact) mass is 312 g/mol. The lowest BCUT2D eigenvalue weighted by molar-refractivity contribution is 0.209. The Labute approximate surface area is 112 Å². The van der Waals surface area contributed by atoms with Gasteiger partial charge in [0, 0.05) is 4.47 Å². The van der Waals surface area contributed by atoms with Crippen LogP contribution in [-0.4, -0.2) is 5.11 Å². The smallest absolute Gasteiger partial charge is 0.135 e. The van der Waals surface area contributed by atoms with E-state index in [-0.39, 0.29) is 5.56 Å². The van der Waals surface area contributed by atoms with Crippen molar-refractivity contribution in [2.24, 2.45) is 0 Å². The highest BCUT2D eigenvalue weighted by Crippen LogP contribution is 2.29. The van der Waals surface area contributed by atoms with Crippen LogP contribution >= 0.6 is 15.9 Å². The molecule has 0 aliphatic rings. The minimum atomic E-state index is -1.31. The second kappa shape index (κ2) is 5.16. The fourth-order valence-electron chi connectivity index (χ4n) is 1.74. The first-order valence-corrected chi connectivity index (χ1v) is 6.18. The van der Waals surface area contributed by atoms with Gasteiger partial charge in [-0.15, -0.1) is 0 Å². The van der Waals surface area contributed by atoms with Crippen LogP contribution in [-0.2, 0) is 0 Å². The van der Waals surface area contributed by atoms with Gasteiger partial charge in [-0.3, -0.25) is 0 Å². The molecule has 0 saturated carbocycles. The van der Waals surface area contributed by atoms with Crippen LogP contribution in [0.3, 0.4) is 0 Å². The molecule has 1 unspecified atom stereocenters. The highest BCUT2D eigenvalue weighted by molar-refractivity contribution is 9.10. The lowest BCUT2D eigenvalue weighted by Gasteiger charge is -2.14. The zero-order valence-electron chi connectivity index (χ0n) is 9.62. The van der Waals surface area contributed by atoms with Crippen molar-refractivity contribution < 1.29 is 13.9 Å². The fourth-order valence-corrected chi connectivity index (χ4v) is 2.01. The van der Waals surface area contributed by atoms with Crippen molar-refractivity contribution in [3.63, 3.8) is 0 Å². The van der Waals surface area contributed by atoms with Gasteiger partial charge in [-0.1, -0.05) is 34.1 Å². The van der Waals surface area contributed by atoms with Crippen LogP contribution in [0.5, 0.6) is 0 Å². The molecule has 0 fully saturated rings. The Morgan fingerprint density at radius 2 is 1.67 bits per heavy atom. The van der Waals surface area contributed by atoms with Crippen LogP contribution in [0, 0.1) is 18.6 Å². The predicted molar refractivity (Wildman–Crippen MR) is 69.3 cm³/mol. The Morgan fingerprint density at radius 1 is 1.06 bits per heavy atom. The summed E-state index contributed by atoms with van der Waals surface area (Å²) in [6.45, 7) is 1.53. The maximum atomic E-state index is 13.9. The minimum Gasteiger partial charge on any atom is -0.383 e. The molecule has 0 heterocycles. The molecule has 0 radical (unpaired) electrons. The highest BCUT2D eigenvalue weighted by atomic mass is 79.9. The molecule has 0 aliphatic carbocycles. The quantitative estimate of drug-likeness (QED) is 0.884. The van der Waals surface area contributed by atoms with Crippen LogP contribution in [0.25, 0.3) is 0 Å². The molecular formula is C14H11BrF2O. The van der Waals surface area contributed by atoms with E-state index >= 15 is 0 Å². The first-order valence-electron chi connectivity index (χ1n) is 5.38. The molecule has 18 heavy (non-hydrogen) atoms. The third-order valence-electron chi connectivity index (χ3n) is 2.78. The van der Waals surface area contributed by atoms with Crippen LogP contribution in [0.2, 0.25) is 0 Å². The Kier molecular flexibility index (Phi) is 3.78. The average Bonchev–Trinajstić information content (AvgIpc) is 2.35. The fraction of sp³-hybridized carbons (Fsp3) is 0.143. The first-order chi connectivity index (χ1) is 8.50. The lowest BCUT2D eigenvalue weighted by Crippen LogP contribution is -2.07. The van der Waals surface area contributed by atoms with Gasteiger partial charge in [-0.05, 0) is 36.2 Å². The normalized spacial score (nSPS) is 12.5.